The maximum Gasteiger partial charge on any atom is 0.409 e. The van der Waals surface area contributed by atoms with Gasteiger partial charge in [0.1, 0.15) is 23.2 Å². The van der Waals surface area contributed by atoms with Gasteiger partial charge in [-0.1, -0.05) is 18.2 Å². The highest BCUT2D eigenvalue weighted by Crippen LogP contribution is 2.21. The van der Waals surface area contributed by atoms with E-state index < -0.39 is 0 Å². The molecule has 0 bridgehead atoms. The third kappa shape index (κ3) is 5.73. The number of aryl methyl sites for hydroxylation is 1. The second-order valence-corrected chi connectivity index (χ2v) is 6.96. The van der Waals surface area contributed by atoms with Crippen molar-refractivity contribution in [1.29, 1.82) is 0 Å². The van der Waals surface area contributed by atoms with Gasteiger partial charge < -0.3 is 25.0 Å². The molecular formula is C21H29N5O3. The first kappa shape index (κ1) is 20.7. The van der Waals surface area contributed by atoms with Crippen molar-refractivity contribution in [2.45, 2.75) is 39.3 Å². The predicted octanol–water partition coefficient (Wildman–Crippen LogP) is 3.44. The van der Waals surface area contributed by atoms with E-state index in [1.54, 1.807) is 12.0 Å². The molecule has 0 saturated carbocycles. The number of nitrogens with zero attached hydrogens (tertiary/aromatic N) is 3. The van der Waals surface area contributed by atoms with Gasteiger partial charge in [-0.25, -0.2) is 14.8 Å². The molecule has 0 spiro atoms. The minimum atomic E-state index is -0.230. The van der Waals surface area contributed by atoms with Gasteiger partial charge in [-0.2, -0.15) is 0 Å². The lowest BCUT2D eigenvalue weighted by Crippen LogP contribution is -2.42. The molecule has 1 saturated heterocycles. The minimum Gasteiger partial charge on any atom is -0.496 e. The van der Waals surface area contributed by atoms with Crippen LogP contribution in [0, 0.1) is 6.92 Å². The number of nitrogens with one attached hydrogen (secondary N) is 2. The van der Waals surface area contributed by atoms with Crippen molar-refractivity contribution >= 4 is 17.7 Å². The van der Waals surface area contributed by atoms with E-state index in [4.69, 9.17) is 9.47 Å². The van der Waals surface area contributed by atoms with E-state index in [0.717, 1.165) is 35.8 Å². The summed E-state index contributed by atoms with van der Waals surface area (Å²) >= 11 is 0. The molecule has 2 heterocycles. The van der Waals surface area contributed by atoms with Crippen molar-refractivity contribution in [2.75, 3.05) is 37.4 Å². The van der Waals surface area contributed by atoms with E-state index in [1.165, 1.54) is 0 Å². The number of amides is 1. The van der Waals surface area contributed by atoms with Gasteiger partial charge in [-0.3, -0.25) is 0 Å². The summed E-state index contributed by atoms with van der Waals surface area (Å²) in [4.78, 5) is 22.6. The molecule has 156 valence electrons. The number of piperidine rings is 1. The predicted molar refractivity (Wildman–Crippen MR) is 112 cm³/mol. The zero-order valence-corrected chi connectivity index (χ0v) is 17.3. The molecule has 1 aliphatic heterocycles. The fourth-order valence-corrected chi connectivity index (χ4v) is 3.40. The summed E-state index contributed by atoms with van der Waals surface area (Å²) in [5.41, 5.74) is 1.06. The van der Waals surface area contributed by atoms with E-state index in [1.807, 2.05) is 44.2 Å². The van der Waals surface area contributed by atoms with Gasteiger partial charge in [-0.15, -0.1) is 0 Å². The van der Waals surface area contributed by atoms with Crippen molar-refractivity contribution < 1.29 is 14.3 Å². The zero-order valence-electron chi connectivity index (χ0n) is 17.3. The number of carbonyl (C=O) groups is 1. The Balaban J connectivity index is 1.57. The molecule has 1 aromatic carbocycles. The third-order valence-electron chi connectivity index (χ3n) is 4.86. The Morgan fingerprint density at radius 3 is 2.66 bits per heavy atom. The van der Waals surface area contributed by atoms with Crippen molar-refractivity contribution in [3.63, 3.8) is 0 Å². The summed E-state index contributed by atoms with van der Waals surface area (Å²) in [7, 11) is 1.67. The van der Waals surface area contributed by atoms with Crippen LogP contribution in [0.5, 0.6) is 5.75 Å². The van der Waals surface area contributed by atoms with Crippen LogP contribution in [0.3, 0.4) is 0 Å². The highest BCUT2D eigenvalue weighted by molar-refractivity contribution is 5.67. The Kier molecular flexibility index (Phi) is 7.10. The number of benzene rings is 1. The van der Waals surface area contributed by atoms with Crippen LogP contribution in [0.25, 0.3) is 0 Å². The number of hydrogen-bond donors (Lipinski definition) is 2. The van der Waals surface area contributed by atoms with Crippen molar-refractivity contribution in [1.82, 2.24) is 14.9 Å². The second-order valence-electron chi connectivity index (χ2n) is 6.96. The topological polar surface area (TPSA) is 88.6 Å². The first-order valence-electron chi connectivity index (χ1n) is 9.98. The van der Waals surface area contributed by atoms with E-state index >= 15 is 0 Å². The Morgan fingerprint density at radius 1 is 1.21 bits per heavy atom. The van der Waals surface area contributed by atoms with Crippen LogP contribution < -0.4 is 15.4 Å². The van der Waals surface area contributed by atoms with E-state index in [2.05, 4.69) is 20.6 Å². The van der Waals surface area contributed by atoms with Crippen LogP contribution in [0.4, 0.5) is 16.4 Å². The lowest BCUT2D eigenvalue weighted by Gasteiger charge is -2.31. The molecule has 1 aromatic heterocycles. The zero-order chi connectivity index (χ0) is 20.6. The number of methoxy groups -OCH3 is 1. The molecule has 2 aromatic rings. The molecule has 1 amide bonds. The largest absolute Gasteiger partial charge is 0.496 e. The highest BCUT2D eigenvalue weighted by Gasteiger charge is 2.23. The fourth-order valence-electron chi connectivity index (χ4n) is 3.40. The Labute approximate surface area is 171 Å². The van der Waals surface area contributed by atoms with Crippen LogP contribution in [-0.4, -0.2) is 53.8 Å². The first-order valence-corrected chi connectivity index (χ1v) is 9.98. The summed E-state index contributed by atoms with van der Waals surface area (Å²) in [6, 6.07) is 10.1. The molecule has 29 heavy (non-hydrogen) atoms. The molecule has 1 aliphatic rings. The normalized spacial score (nSPS) is 14.4. The highest BCUT2D eigenvalue weighted by atomic mass is 16.6. The molecule has 2 N–H and O–H groups in total. The smallest absolute Gasteiger partial charge is 0.409 e. The van der Waals surface area contributed by atoms with Crippen molar-refractivity contribution in [2.24, 2.45) is 0 Å². The van der Waals surface area contributed by atoms with Crippen LogP contribution in [-0.2, 0) is 11.3 Å². The molecule has 0 unspecified atom stereocenters. The minimum absolute atomic E-state index is 0.230. The fraction of sp³-hybridized carbons (Fsp3) is 0.476. The van der Waals surface area contributed by atoms with Gasteiger partial charge >= 0.3 is 6.09 Å². The average molecular weight is 399 g/mol. The molecule has 1 fully saturated rings. The molecule has 0 atom stereocenters. The molecular weight excluding hydrogens is 370 g/mol. The van der Waals surface area contributed by atoms with E-state index in [9.17, 15) is 4.79 Å². The maximum absolute atomic E-state index is 11.8. The van der Waals surface area contributed by atoms with Crippen LogP contribution in [0.15, 0.2) is 30.3 Å². The summed E-state index contributed by atoms with van der Waals surface area (Å²) < 4.78 is 10.5. The first-order chi connectivity index (χ1) is 14.1. The van der Waals surface area contributed by atoms with Crippen molar-refractivity contribution in [3.8, 4) is 5.75 Å². The standard InChI is InChI=1S/C21H29N5O3/c1-4-29-21(27)26-11-9-17(10-12-26)25-20-13-19(23-15(2)24-20)22-14-16-7-5-6-8-18(16)28-3/h5-8,13,17H,4,9-12,14H2,1-3H3,(H2,22,23,24,25). The Bertz CT molecular complexity index is 822. The molecule has 0 radical (unpaired) electrons. The molecule has 0 aliphatic carbocycles. The lowest BCUT2D eigenvalue weighted by atomic mass is 10.1. The van der Waals surface area contributed by atoms with E-state index in [0.29, 0.717) is 32.1 Å². The van der Waals surface area contributed by atoms with Gasteiger partial charge in [0, 0.05) is 37.3 Å². The quantitative estimate of drug-likeness (QED) is 0.737. The van der Waals surface area contributed by atoms with Gasteiger partial charge in [-0.05, 0) is 32.8 Å². The SMILES string of the molecule is CCOC(=O)N1CCC(Nc2cc(NCc3ccccc3OC)nc(C)n2)CC1. The number of carbonyl (C=O) groups excluding carboxylic acids is 1. The number of anilines is 2. The summed E-state index contributed by atoms with van der Waals surface area (Å²) in [5, 5.41) is 6.83. The number of para-hydroxylation sites is 1. The maximum atomic E-state index is 11.8. The number of likely N-dealkylation sites (tertiary alicyclic amines) is 1. The molecule has 3 rings (SSSR count). The van der Waals surface area contributed by atoms with Gasteiger partial charge in [0.05, 0.1) is 13.7 Å². The number of rotatable bonds is 7. The number of aromatic nitrogens is 2. The molecule has 8 heteroatoms. The summed E-state index contributed by atoms with van der Waals surface area (Å²) in [5.74, 6) is 3.09. The lowest BCUT2D eigenvalue weighted by molar-refractivity contribution is 0.0983. The second kappa shape index (κ2) is 9.95. The summed E-state index contributed by atoms with van der Waals surface area (Å²) in [6.45, 7) is 6.07. The van der Waals surface area contributed by atoms with E-state index in [-0.39, 0.29) is 12.1 Å². The van der Waals surface area contributed by atoms with Crippen LogP contribution in [0.2, 0.25) is 0 Å². The summed E-state index contributed by atoms with van der Waals surface area (Å²) in [6.07, 6.45) is 1.48. The van der Waals surface area contributed by atoms with Crippen LogP contribution in [0.1, 0.15) is 31.2 Å². The Hall–Kier alpha value is -3.03. The van der Waals surface area contributed by atoms with Gasteiger partial charge in [0.15, 0.2) is 0 Å². The van der Waals surface area contributed by atoms with Crippen molar-refractivity contribution in [3.05, 3.63) is 41.7 Å². The van der Waals surface area contributed by atoms with Crippen LogP contribution >= 0.6 is 0 Å². The number of hydrogen-bond acceptors (Lipinski definition) is 7. The van der Waals surface area contributed by atoms with Gasteiger partial charge in [0.25, 0.3) is 0 Å². The van der Waals surface area contributed by atoms with Gasteiger partial charge in [0.2, 0.25) is 0 Å². The monoisotopic (exact) mass is 399 g/mol. The Morgan fingerprint density at radius 2 is 1.93 bits per heavy atom. The third-order valence-corrected chi connectivity index (χ3v) is 4.86. The number of ether oxygens (including phenoxy) is 2. The average Bonchev–Trinajstić information content (AvgIpc) is 2.73. The molecule has 8 nitrogen and oxygen atoms in total.